The quantitative estimate of drug-likeness (QED) is 0.447. The van der Waals surface area contributed by atoms with Gasteiger partial charge in [0.15, 0.2) is 5.96 Å². The first-order chi connectivity index (χ1) is 10.6. The Balaban J connectivity index is 1.72. The molecule has 6 nitrogen and oxygen atoms in total. The van der Waals surface area contributed by atoms with Crippen LogP contribution in [0.5, 0.6) is 0 Å². The molecule has 1 aliphatic carbocycles. The molecule has 2 aliphatic rings. The van der Waals surface area contributed by atoms with Gasteiger partial charge in [-0.15, -0.1) is 0 Å². The van der Waals surface area contributed by atoms with Crippen LogP contribution in [0.4, 0.5) is 0 Å². The van der Waals surface area contributed by atoms with Crippen LogP contribution in [0, 0.1) is 0 Å². The summed E-state index contributed by atoms with van der Waals surface area (Å²) < 4.78 is 0. The minimum absolute atomic E-state index is 0.0559. The number of amides is 2. The minimum atomic E-state index is -0.0559. The molecule has 2 atom stereocenters. The molecule has 0 bridgehead atoms. The smallest absolute Gasteiger partial charge is 0.229 e. The Morgan fingerprint density at radius 1 is 1.32 bits per heavy atom. The summed E-state index contributed by atoms with van der Waals surface area (Å²) in [7, 11) is 1.74. The monoisotopic (exact) mass is 326 g/mol. The molecule has 1 aliphatic heterocycles. The van der Waals surface area contributed by atoms with Crippen LogP contribution in [0.3, 0.4) is 0 Å². The first kappa shape index (κ1) is 17.1. The summed E-state index contributed by atoms with van der Waals surface area (Å²) in [6.45, 7) is 0.951. The first-order valence-electron chi connectivity index (χ1n) is 7.97. The Labute approximate surface area is 136 Å². The number of nitrogens with zero attached hydrogens (tertiary/aromatic N) is 2. The molecule has 1 heterocycles. The van der Waals surface area contributed by atoms with Crippen molar-refractivity contribution in [3.05, 3.63) is 0 Å². The molecule has 0 spiro atoms. The second-order valence-corrected chi connectivity index (χ2v) is 6.94. The zero-order chi connectivity index (χ0) is 15.9. The third kappa shape index (κ3) is 4.63. The van der Waals surface area contributed by atoms with Gasteiger partial charge in [-0.25, -0.2) is 0 Å². The lowest BCUT2D eigenvalue weighted by molar-refractivity contribution is -0.147. The molecule has 2 N–H and O–H groups in total. The first-order valence-corrected chi connectivity index (χ1v) is 9.26. The predicted molar refractivity (Wildman–Crippen MR) is 90.0 cm³/mol. The van der Waals surface area contributed by atoms with Crippen LogP contribution in [-0.4, -0.2) is 60.4 Å². The van der Waals surface area contributed by atoms with Gasteiger partial charge >= 0.3 is 0 Å². The predicted octanol–water partition coefficient (Wildman–Crippen LogP) is 0.975. The van der Waals surface area contributed by atoms with Crippen LogP contribution in [0.15, 0.2) is 4.99 Å². The Hall–Kier alpha value is -1.24. The van der Waals surface area contributed by atoms with E-state index in [-0.39, 0.29) is 11.8 Å². The van der Waals surface area contributed by atoms with Gasteiger partial charge in [-0.1, -0.05) is 0 Å². The van der Waals surface area contributed by atoms with Gasteiger partial charge in [0.25, 0.3) is 0 Å². The third-order valence-electron chi connectivity index (χ3n) is 4.29. The van der Waals surface area contributed by atoms with E-state index in [1.54, 1.807) is 7.05 Å². The molecule has 7 heteroatoms. The maximum atomic E-state index is 11.7. The number of nitrogens with one attached hydrogen (secondary N) is 2. The molecule has 2 amide bonds. The van der Waals surface area contributed by atoms with E-state index in [2.05, 4.69) is 21.9 Å². The fourth-order valence-electron chi connectivity index (χ4n) is 3.01. The number of carbonyl (C=O) groups is 2. The lowest BCUT2D eigenvalue weighted by atomic mass is 10.1. The molecular weight excluding hydrogens is 300 g/mol. The summed E-state index contributed by atoms with van der Waals surface area (Å²) in [5.41, 5.74) is 0. The van der Waals surface area contributed by atoms with Gasteiger partial charge < -0.3 is 10.6 Å². The largest absolute Gasteiger partial charge is 0.355 e. The van der Waals surface area contributed by atoms with Gasteiger partial charge in [0.05, 0.1) is 0 Å². The van der Waals surface area contributed by atoms with Crippen molar-refractivity contribution >= 4 is 29.5 Å². The second kappa shape index (κ2) is 8.41. The van der Waals surface area contributed by atoms with Crippen molar-refractivity contribution in [1.29, 1.82) is 0 Å². The number of piperidine rings is 1. The number of hydrogen-bond donors (Lipinski definition) is 2. The van der Waals surface area contributed by atoms with Crippen LogP contribution in [0.25, 0.3) is 0 Å². The van der Waals surface area contributed by atoms with Gasteiger partial charge in [0.1, 0.15) is 0 Å². The number of imide groups is 1. The average Bonchev–Trinajstić information content (AvgIpc) is 2.96. The molecule has 1 saturated carbocycles. The highest BCUT2D eigenvalue weighted by atomic mass is 32.2. The number of carbonyl (C=O) groups excluding carboxylic acids is 2. The van der Waals surface area contributed by atoms with Crippen LogP contribution in [0.1, 0.15) is 38.5 Å². The zero-order valence-electron chi connectivity index (χ0n) is 13.4. The molecule has 22 heavy (non-hydrogen) atoms. The highest BCUT2D eigenvalue weighted by molar-refractivity contribution is 7.99. The SMILES string of the molecule is CN=C(NCCN1C(=O)CCCC1=O)NC1CCC(SC)C1. The average molecular weight is 326 g/mol. The highest BCUT2D eigenvalue weighted by Gasteiger charge is 2.26. The van der Waals surface area contributed by atoms with Gasteiger partial charge in [-0.05, 0) is 31.9 Å². The molecule has 0 aromatic rings. The summed E-state index contributed by atoms with van der Waals surface area (Å²) in [6.07, 6.45) is 7.37. The third-order valence-corrected chi connectivity index (χ3v) is 5.39. The molecule has 2 rings (SSSR count). The van der Waals surface area contributed by atoms with E-state index in [0.29, 0.717) is 38.4 Å². The number of thioether (sulfide) groups is 1. The van der Waals surface area contributed by atoms with E-state index in [1.807, 2.05) is 11.8 Å². The summed E-state index contributed by atoms with van der Waals surface area (Å²) >= 11 is 1.93. The van der Waals surface area contributed by atoms with Gasteiger partial charge in [-0.2, -0.15) is 11.8 Å². The molecule has 124 valence electrons. The molecule has 0 aromatic carbocycles. The molecule has 1 saturated heterocycles. The number of hydrogen-bond acceptors (Lipinski definition) is 4. The lowest BCUT2D eigenvalue weighted by Gasteiger charge is -2.25. The van der Waals surface area contributed by atoms with E-state index in [9.17, 15) is 9.59 Å². The standard InChI is InChI=1S/C15H26N4O2S/c1-16-15(18-11-6-7-12(10-11)22-2)17-8-9-19-13(20)4-3-5-14(19)21/h11-12H,3-10H2,1-2H3,(H2,16,17,18). The van der Waals surface area contributed by atoms with Crippen molar-refractivity contribution in [2.45, 2.75) is 49.8 Å². The van der Waals surface area contributed by atoms with Crippen molar-refractivity contribution in [3.8, 4) is 0 Å². The van der Waals surface area contributed by atoms with Crippen molar-refractivity contribution < 1.29 is 9.59 Å². The summed E-state index contributed by atoms with van der Waals surface area (Å²) in [4.78, 5) is 29.0. The van der Waals surface area contributed by atoms with Crippen molar-refractivity contribution in [1.82, 2.24) is 15.5 Å². The number of aliphatic imine (C=N–C) groups is 1. The van der Waals surface area contributed by atoms with E-state index in [4.69, 9.17) is 0 Å². The second-order valence-electron chi connectivity index (χ2n) is 5.80. The zero-order valence-corrected chi connectivity index (χ0v) is 14.2. The van der Waals surface area contributed by atoms with Crippen molar-refractivity contribution in [3.63, 3.8) is 0 Å². The number of rotatable bonds is 5. The molecule has 2 fully saturated rings. The van der Waals surface area contributed by atoms with Crippen molar-refractivity contribution in [2.75, 3.05) is 26.4 Å². The van der Waals surface area contributed by atoms with Crippen LogP contribution >= 0.6 is 11.8 Å². The van der Waals surface area contributed by atoms with E-state index < -0.39 is 0 Å². The van der Waals surface area contributed by atoms with Gasteiger partial charge in [0, 0.05) is 44.3 Å². The Morgan fingerprint density at radius 2 is 2.05 bits per heavy atom. The fraction of sp³-hybridized carbons (Fsp3) is 0.800. The Kier molecular flexibility index (Phi) is 6.54. The fourth-order valence-corrected chi connectivity index (χ4v) is 3.81. The van der Waals surface area contributed by atoms with Gasteiger partial charge in [-0.3, -0.25) is 19.5 Å². The maximum absolute atomic E-state index is 11.7. The van der Waals surface area contributed by atoms with Crippen LogP contribution in [-0.2, 0) is 9.59 Å². The molecule has 0 aromatic heterocycles. The summed E-state index contributed by atoms with van der Waals surface area (Å²) in [6, 6.07) is 0.460. The molecule has 0 radical (unpaired) electrons. The van der Waals surface area contributed by atoms with Crippen molar-refractivity contribution in [2.24, 2.45) is 4.99 Å². The van der Waals surface area contributed by atoms with Gasteiger partial charge in [0.2, 0.25) is 11.8 Å². The highest BCUT2D eigenvalue weighted by Crippen LogP contribution is 2.27. The lowest BCUT2D eigenvalue weighted by Crippen LogP contribution is -2.48. The molecular formula is C15H26N4O2S. The van der Waals surface area contributed by atoms with E-state index >= 15 is 0 Å². The molecule has 2 unspecified atom stereocenters. The minimum Gasteiger partial charge on any atom is -0.355 e. The number of guanidine groups is 1. The normalized spacial score (nSPS) is 26.5. The Morgan fingerprint density at radius 3 is 2.64 bits per heavy atom. The Bertz CT molecular complexity index is 425. The maximum Gasteiger partial charge on any atom is 0.229 e. The summed E-state index contributed by atoms with van der Waals surface area (Å²) in [5.74, 6) is 0.642. The number of likely N-dealkylation sites (tertiary alicyclic amines) is 1. The summed E-state index contributed by atoms with van der Waals surface area (Å²) in [5, 5.41) is 7.37. The van der Waals surface area contributed by atoms with Crippen LogP contribution in [0.2, 0.25) is 0 Å². The van der Waals surface area contributed by atoms with E-state index in [0.717, 1.165) is 24.1 Å². The van der Waals surface area contributed by atoms with E-state index in [1.165, 1.54) is 11.3 Å². The van der Waals surface area contributed by atoms with Crippen LogP contribution < -0.4 is 10.6 Å². The topological polar surface area (TPSA) is 73.8 Å².